The van der Waals surface area contributed by atoms with E-state index in [0.717, 1.165) is 0 Å². The quantitative estimate of drug-likeness (QED) is 0.714. The Morgan fingerprint density at radius 3 is 2.53 bits per heavy atom. The van der Waals surface area contributed by atoms with Crippen molar-refractivity contribution >= 4 is 10.9 Å². The lowest BCUT2D eigenvalue weighted by atomic mass is 9.86. The minimum absolute atomic E-state index is 0.204. The summed E-state index contributed by atoms with van der Waals surface area (Å²) in [5.74, 6) is 0. The molecule has 3 rings (SSSR count). The molecule has 1 aromatic heterocycles. The zero-order chi connectivity index (χ0) is 13.5. The lowest BCUT2D eigenvalue weighted by Crippen LogP contribution is -2.15. The molecule has 102 valence electrons. The molecular formula is C17H24N2. The van der Waals surface area contributed by atoms with Crippen LogP contribution in [0.2, 0.25) is 0 Å². The van der Waals surface area contributed by atoms with Crippen LogP contribution in [0.15, 0.2) is 24.4 Å². The summed E-state index contributed by atoms with van der Waals surface area (Å²) in [6.45, 7) is 6.82. The van der Waals surface area contributed by atoms with Gasteiger partial charge >= 0.3 is 0 Å². The van der Waals surface area contributed by atoms with Crippen LogP contribution in [0.3, 0.4) is 0 Å². The average Bonchev–Trinajstić information content (AvgIpc) is 2.81. The molecule has 0 N–H and O–H groups in total. The van der Waals surface area contributed by atoms with Gasteiger partial charge < -0.3 is 0 Å². The highest BCUT2D eigenvalue weighted by atomic mass is 15.3. The Morgan fingerprint density at radius 2 is 1.84 bits per heavy atom. The molecule has 0 amide bonds. The number of hydrogen-bond donors (Lipinski definition) is 0. The van der Waals surface area contributed by atoms with E-state index in [1.54, 1.807) is 0 Å². The summed E-state index contributed by atoms with van der Waals surface area (Å²) in [5, 5.41) is 5.94. The Labute approximate surface area is 115 Å². The predicted molar refractivity (Wildman–Crippen MR) is 80.6 cm³/mol. The van der Waals surface area contributed by atoms with Crippen molar-refractivity contribution in [3.63, 3.8) is 0 Å². The third-order valence-electron chi connectivity index (χ3n) is 4.39. The van der Waals surface area contributed by atoms with Crippen molar-refractivity contribution < 1.29 is 0 Å². The standard InChI is InChI=1S/C17H24N2/c1-17(2,3)14-10-9-13-12-18-19(16(13)11-14)15-7-5-4-6-8-15/h9-12,15H,4-8H2,1-3H3. The molecule has 0 saturated heterocycles. The number of hydrogen-bond acceptors (Lipinski definition) is 1. The van der Waals surface area contributed by atoms with Crippen LogP contribution in [0.4, 0.5) is 0 Å². The molecule has 0 atom stereocenters. The lowest BCUT2D eigenvalue weighted by molar-refractivity contribution is 0.337. The first-order valence-corrected chi connectivity index (χ1v) is 7.53. The van der Waals surface area contributed by atoms with Gasteiger partial charge in [-0.25, -0.2) is 0 Å². The van der Waals surface area contributed by atoms with Gasteiger partial charge in [-0.1, -0.05) is 52.2 Å². The second-order valence-electron chi connectivity index (χ2n) is 6.90. The molecule has 0 radical (unpaired) electrons. The Hall–Kier alpha value is -1.31. The van der Waals surface area contributed by atoms with Crippen molar-refractivity contribution in [2.45, 2.75) is 64.3 Å². The van der Waals surface area contributed by atoms with Crippen LogP contribution in [0.1, 0.15) is 64.5 Å². The van der Waals surface area contributed by atoms with Gasteiger partial charge in [0.25, 0.3) is 0 Å². The Morgan fingerprint density at radius 1 is 1.11 bits per heavy atom. The molecule has 1 aromatic carbocycles. The van der Waals surface area contributed by atoms with E-state index in [4.69, 9.17) is 0 Å². The molecule has 1 heterocycles. The molecule has 0 bridgehead atoms. The fourth-order valence-electron chi connectivity index (χ4n) is 3.12. The number of benzene rings is 1. The minimum atomic E-state index is 0.204. The van der Waals surface area contributed by atoms with Gasteiger partial charge in [-0.05, 0) is 29.9 Å². The fourth-order valence-corrected chi connectivity index (χ4v) is 3.12. The molecule has 0 aliphatic heterocycles. The topological polar surface area (TPSA) is 17.8 Å². The molecule has 2 nitrogen and oxygen atoms in total. The van der Waals surface area contributed by atoms with Crippen LogP contribution in [0.25, 0.3) is 10.9 Å². The van der Waals surface area contributed by atoms with Crippen LogP contribution in [-0.2, 0) is 5.41 Å². The van der Waals surface area contributed by atoms with E-state index in [1.165, 1.54) is 48.6 Å². The highest BCUT2D eigenvalue weighted by Gasteiger charge is 2.20. The van der Waals surface area contributed by atoms with Gasteiger partial charge in [0.15, 0.2) is 0 Å². The Bertz CT molecular complexity index is 568. The van der Waals surface area contributed by atoms with Crippen molar-refractivity contribution in [2.24, 2.45) is 0 Å². The Balaban J connectivity index is 2.05. The second kappa shape index (κ2) is 4.66. The highest BCUT2D eigenvalue weighted by molar-refractivity contribution is 5.79. The zero-order valence-electron chi connectivity index (χ0n) is 12.3. The number of rotatable bonds is 1. The maximum absolute atomic E-state index is 4.66. The molecule has 0 spiro atoms. The predicted octanol–water partition coefficient (Wildman–Crippen LogP) is 4.84. The van der Waals surface area contributed by atoms with Crippen LogP contribution >= 0.6 is 0 Å². The SMILES string of the molecule is CC(C)(C)c1ccc2cnn(C3CCCCC3)c2c1. The van der Waals surface area contributed by atoms with Gasteiger partial charge in [-0.3, -0.25) is 4.68 Å². The molecule has 1 fully saturated rings. The van der Waals surface area contributed by atoms with E-state index in [2.05, 4.69) is 48.8 Å². The summed E-state index contributed by atoms with van der Waals surface area (Å²) in [6, 6.07) is 7.43. The van der Waals surface area contributed by atoms with Crippen molar-refractivity contribution in [1.29, 1.82) is 0 Å². The van der Waals surface area contributed by atoms with Gasteiger partial charge in [-0.15, -0.1) is 0 Å². The summed E-state index contributed by atoms with van der Waals surface area (Å²) >= 11 is 0. The van der Waals surface area contributed by atoms with Gasteiger partial charge in [0.1, 0.15) is 0 Å². The summed E-state index contributed by atoms with van der Waals surface area (Å²) in [7, 11) is 0. The van der Waals surface area contributed by atoms with Crippen LogP contribution in [0, 0.1) is 0 Å². The first-order valence-electron chi connectivity index (χ1n) is 7.53. The zero-order valence-corrected chi connectivity index (χ0v) is 12.3. The van der Waals surface area contributed by atoms with Crippen LogP contribution < -0.4 is 0 Å². The summed E-state index contributed by atoms with van der Waals surface area (Å²) in [6.07, 6.45) is 8.70. The van der Waals surface area contributed by atoms with E-state index in [0.29, 0.717) is 6.04 Å². The fraction of sp³-hybridized carbons (Fsp3) is 0.588. The maximum Gasteiger partial charge on any atom is 0.0688 e. The molecule has 1 aliphatic rings. The molecule has 1 aliphatic carbocycles. The summed E-state index contributed by atoms with van der Waals surface area (Å²) in [5.41, 5.74) is 2.92. The van der Waals surface area contributed by atoms with Crippen molar-refractivity contribution in [1.82, 2.24) is 9.78 Å². The number of aromatic nitrogens is 2. The highest BCUT2D eigenvalue weighted by Crippen LogP contribution is 2.32. The molecular weight excluding hydrogens is 232 g/mol. The van der Waals surface area contributed by atoms with E-state index in [-0.39, 0.29) is 5.41 Å². The smallest absolute Gasteiger partial charge is 0.0688 e. The number of nitrogens with zero attached hydrogens (tertiary/aromatic N) is 2. The third kappa shape index (κ3) is 2.41. The van der Waals surface area contributed by atoms with E-state index < -0.39 is 0 Å². The first kappa shape index (κ1) is 12.7. The average molecular weight is 256 g/mol. The lowest BCUT2D eigenvalue weighted by Gasteiger charge is -2.24. The van der Waals surface area contributed by atoms with Crippen molar-refractivity contribution in [2.75, 3.05) is 0 Å². The van der Waals surface area contributed by atoms with Crippen molar-refractivity contribution in [3.05, 3.63) is 30.0 Å². The molecule has 2 heteroatoms. The largest absolute Gasteiger partial charge is 0.262 e. The third-order valence-corrected chi connectivity index (χ3v) is 4.39. The summed E-state index contributed by atoms with van der Waals surface area (Å²) in [4.78, 5) is 0. The van der Waals surface area contributed by atoms with Gasteiger partial charge in [0.2, 0.25) is 0 Å². The van der Waals surface area contributed by atoms with Crippen LogP contribution in [0.5, 0.6) is 0 Å². The molecule has 0 unspecified atom stereocenters. The van der Waals surface area contributed by atoms with E-state index in [1.807, 2.05) is 6.20 Å². The monoisotopic (exact) mass is 256 g/mol. The van der Waals surface area contributed by atoms with E-state index in [9.17, 15) is 0 Å². The van der Waals surface area contributed by atoms with E-state index >= 15 is 0 Å². The Kier molecular flexibility index (Phi) is 3.12. The van der Waals surface area contributed by atoms with Crippen LogP contribution in [-0.4, -0.2) is 9.78 Å². The number of fused-ring (bicyclic) bond motifs is 1. The molecule has 19 heavy (non-hydrogen) atoms. The summed E-state index contributed by atoms with van der Waals surface area (Å²) < 4.78 is 2.28. The second-order valence-corrected chi connectivity index (χ2v) is 6.90. The maximum atomic E-state index is 4.66. The van der Waals surface area contributed by atoms with Gasteiger partial charge in [-0.2, -0.15) is 5.10 Å². The molecule has 1 saturated carbocycles. The van der Waals surface area contributed by atoms with Gasteiger partial charge in [0, 0.05) is 5.39 Å². The van der Waals surface area contributed by atoms with Crippen molar-refractivity contribution in [3.8, 4) is 0 Å². The van der Waals surface area contributed by atoms with Gasteiger partial charge in [0.05, 0.1) is 17.8 Å². The first-order chi connectivity index (χ1) is 9.05. The normalized spacial score (nSPS) is 18.1. The molecule has 2 aromatic rings. The minimum Gasteiger partial charge on any atom is -0.262 e.